The van der Waals surface area contributed by atoms with Gasteiger partial charge in [-0.1, -0.05) is 60.7 Å². The van der Waals surface area contributed by atoms with Gasteiger partial charge in [0.2, 0.25) is 5.91 Å². The average Bonchev–Trinajstić information content (AvgIpc) is 2.65. The third-order valence-electron chi connectivity index (χ3n) is 4.81. The van der Waals surface area contributed by atoms with E-state index in [-0.39, 0.29) is 24.4 Å². The lowest BCUT2D eigenvalue weighted by Gasteiger charge is -2.33. The smallest absolute Gasteiger partial charge is 0.234 e. The van der Waals surface area contributed by atoms with Gasteiger partial charge in [0.25, 0.3) is 0 Å². The highest BCUT2D eigenvalue weighted by Crippen LogP contribution is 2.18. The van der Waals surface area contributed by atoms with Crippen molar-refractivity contribution in [1.29, 1.82) is 0 Å². The SMILES string of the molecule is C[C@H]1CNCCN1CC(=O)NC(Cc1ccccc1)c1ccccc1.Cl. The number of hydrogen-bond acceptors (Lipinski definition) is 3. The van der Waals surface area contributed by atoms with Crippen LogP contribution in [0, 0.1) is 0 Å². The van der Waals surface area contributed by atoms with Crippen LogP contribution in [0.4, 0.5) is 0 Å². The third-order valence-corrected chi connectivity index (χ3v) is 4.81. The molecule has 0 bridgehead atoms. The van der Waals surface area contributed by atoms with Gasteiger partial charge in [-0.25, -0.2) is 0 Å². The Bertz CT molecular complexity index is 665. The molecular formula is C21H28ClN3O. The standard InChI is InChI=1S/C21H27N3O.ClH/c1-17-15-22-12-13-24(17)16-21(25)23-20(19-10-6-3-7-11-19)14-18-8-4-2-5-9-18;/h2-11,17,20,22H,12-16H2,1H3,(H,23,25);1H/t17-,20?;/m0./s1. The molecule has 1 saturated heterocycles. The summed E-state index contributed by atoms with van der Waals surface area (Å²) < 4.78 is 0. The molecule has 26 heavy (non-hydrogen) atoms. The van der Waals surface area contributed by atoms with E-state index < -0.39 is 0 Å². The van der Waals surface area contributed by atoms with Gasteiger partial charge in [-0.05, 0) is 24.5 Å². The molecular weight excluding hydrogens is 346 g/mol. The Labute approximate surface area is 162 Å². The Morgan fingerprint density at radius 2 is 1.81 bits per heavy atom. The number of nitrogens with one attached hydrogen (secondary N) is 2. The molecule has 3 rings (SSSR count). The van der Waals surface area contributed by atoms with Crippen LogP contribution in [0.1, 0.15) is 24.1 Å². The van der Waals surface area contributed by atoms with Crippen molar-refractivity contribution in [2.75, 3.05) is 26.2 Å². The Hall–Kier alpha value is -1.88. The quantitative estimate of drug-likeness (QED) is 0.818. The number of piperazine rings is 1. The number of halogens is 1. The molecule has 2 aromatic rings. The van der Waals surface area contributed by atoms with Gasteiger partial charge in [0.05, 0.1) is 12.6 Å². The zero-order valence-corrected chi connectivity index (χ0v) is 16.0. The van der Waals surface area contributed by atoms with Gasteiger partial charge in [-0.2, -0.15) is 0 Å². The Kier molecular flexibility index (Phi) is 8.10. The average molecular weight is 374 g/mol. The Balaban J connectivity index is 0.00000243. The van der Waals surface area contributed by atoms with Gasteiger partial charge in [0.1, 0.15) is 0 Å². The highest BCUT2D eigenvalue weighted by molar-refractivity contribution is 5.85. The van der Waals surface area contributed by atoms with Crippen LogP contribution in [0.5, 0.6) is 0 Å². The maximum atomic E-state index is 12.7. The van der Waals surface area contributed by atoms with Crippen molar-refractivity contribution >= 4 is 18.3 Å². The van der Waals surface area contributed by atoms with E-state index in [1.165, 1.54) is 5.56 Å². The molecule has 1 aliphatic heterocycles. The van der Waals surface area contributed by atoms with E-state index in [9.17, 15) is 4.79 Å². The van der Waals surface area contributed by atoms with Crippen LogP contribution >= 0.6 is 12.4 Å². The molecule has 0 saturated carbocycles. The van der Waals surface area contributed by atoms with E-state index in [1.54, 1.807) is 0 Å². The monoisotopic (exact) mass is 373 g/mol. The molecule has 0 radical (unpaired) electrons. The van der Waals surface area contributed by atoms with Crippen LogP contribution in [0.15, 0.2) is 60.7 Å². The number of rotatable bonds is 6. The molecule has 1 unspecified atom stereocenters. The molecule has 140 valence electrons. The van der Waals surface area contributed by atoms with Crippen LogP contribution < -0.4 is 10.6 Å². The fourth-order valence-electron chi connectivity index (χ4n) is 3.33. The minimum absolute atomic E-state index is 0. The fourth-order valence-corrected chi connectivity index (χ4v) is 3.33. The summed E-state index contributed by atoms with van der Waals surface area (Å²) in [6, 6.07) is 20.9. The summed E-state index contributed by atoms with van der Waals surface area (Å²) in [7, 11) is 0. The van der Waals surface area contributed by atoms with Crippen molar-refractivity contribution < 1.29 is 4.79 Å². The molecule has 2 atom stereocenters. The third kappa shape index (κ3) is 5.84. The second-order valence-electron chi connectivity index (χ2n) is 6.74. The molecule has 0 spiro atoms. The molecule has 1 heterocycles. The van der Waals surface area contributed by atoms with E-state index in [4.69, 9.17) is 0 Å². The van der Waals surface area contributed by atoms with Gasteiger partial charge in [-0.3, -0.25) is 9.69 Å². The highest BCUT2D eigenvalue weighted by Gasteiger charge is 2.22. The lowest BCUT2D eigenvalue weighted by molar-refractivity contribution is -0.123. The van der Waals surface area contributed by atoms with Crippen LogP contribution in [-0.2, 0) is 11.2 Å². The first-order chi connectivity index (χ1) is 12.2. The molecule has 4 nitrogen and oxygen atoms in total. The molecule has 0 aromatic heterocycles. The molecule has 1 aliphatic rings. The molecule has 1 amide bonds. The molecule has 2 aromatic carbocycles. The molecule has 0 aliphatic carbocycles. The van der Waals surface area contributed by atoms with Crippen LogP contribution in [-0.4, -0.2) is 43.0 Å². The first kappa shape index (κ1) is 20.4. The lowest BCUT2D eigenvalue weighted by atomic mass is 9.99. The van der Waals surface area contributed by atoms with Gasteiger partial charge in [0.15, 0.2) is 0 Å². The van der Waals surface area contributed by atoms with E-state index in [0.717, 1.165) is 31.6 Å². The predicted molar refractivity (Wildman–Crippen MR) is 109 cm³/mol. The van der Waals surface area contributed by atoms with Crippen LogP contribution in [0.25, 0.3) is 0 Å². The first-order valence-corrected chi connectivity index (χ1v) is 9.05. The molecule has 5 heteroatoms. The van der Waals surface area contributed by atoms with Crippen molar-refractivity contribution in [3.05, 3.63) is 71.8 Å². The van der Waals surface area contributed by atoms with Gasteiger partial charge < -0.3 is 10.6 Å². The summed E-state index contributed by atoms with van der Waals surface area (Å²) in [6.45, 7) is 5.44. The number of amides is 1. The van der Waals surface area contributed by atoms with Crippen LogP contribution in [0.3, 0.4) is 0 Å². The summed E-state index contributed by atoms with van der Waals surface area (Å²) in [5, 5.41) is 6.61. The topological polar surface area (TPSA) is 44.4 Å². The Morgan fingerprint density at radius 3 is 2.46 bits per heavy atom. The van der Waals surface area contributed by atoms with E-state index in [0.29, 0.717) is 12.6 Å². The number of carbonyl (C=O) groups excluding carboxylic acids is 1. The second kappa shape index (κ2) is 10.3. The predicted octanol–water partition coefficient (Wildman–Crippen LogP) is 2.80. The summed E-state index contributed by atoms with van der Waals surface area (Å²) in [4.78, 5) is 14.9. The van der Waals surface area contributed by atoms with Gasteiger partial charge in [0, 0.05) is 25.7 Å². The van der Waals surface area contributed by atoms with Crippen molar-refractivity contribution in [2.24, 2.45) is 0 Å². The summed E-state index contributed by atoms with van der Waals surface area (Å²) in [5.41, 5.74) is 2.38. The highest BCUT2D eigenvalue weighted by atomic mass is 35.5. The van der Waals surface area contributed by atoms with Crippen molar-refractivity contribution in [3.63, 3.8) is 0 Å². The normalized spacial score (nSPS) is 18.6. The summed E-state index contributed by atoms with van der Waals surface area (Å²) in [5.74, 6) is 0.0959. The van der Waals surface area contributed by atoms with E-state index in [1.807, 2.05) is 36.4 Å². The second-order valence-corrected chi connectivity index (χ2v) is 6.74. The number of hydrogen-bond donors (Lipinski definition) is 2. The van der Waals surface area contributed by atoms with Crippen molar-refractivity contribution in [2.45, 2.75) is 25.4 Å². The lowest BCUT2D eigenvalue weighted by Crippen LogP contribution is -2.53. The van der Waals surface area contributed by atoms with Crippen LogP contribution in [0.2, 0.25) is 0 Å². The summed E-state index contributed by atoms with van der Waals surface area (Å²) >= 11 is 0. The Morgan fingerprint density at radius 1 is 1.15 bits per heavy atom. The maximum absolute atomic E-state index is 12.7. The minimum atomic E-state index is -0.00526. The van der Waals surface area contributed by atoms with E-state index in [2.05, 4.69) is 46.7 Å². The largest absolute Gasteiger partial charge is 0.348 e. The van der Waals surface area contributed by atoms with Crippen molar-refractivity contribution in [1.82, 2.24) is 15.5 Å². The number of carbonyl (C=O) groups is 1. The van der Waals surface area contributed by atoms with Crippen molar-refractivity contribution in [3.8, 4) is 0 Å². The molecule has 1 fully saturated rings. The fraction of sp³-hybridized carbons (Fsp3) is 0.381. The van der Waals surface area contributed by atoms with E-state index >= 15 is 0 Å². The molecule has 2 N–H and O–H groups in total. The number of nitrogens with zero attached hydrogens (tertiary/aromatic N) is 1. The summed E-state index contributed by atoms with van der Waals surface area (Å²) in [6.07, 6.45) is 0.799. The van der Waals surface area contributed by atoms with Gasteiger partial charge >= 0.3 is 0 Å². The minimum Gasteiger partial charge on any atom is -0.348 e. The van der Waals surface area contributed by atoms with Gasteiger partial charge in [-0.15, -0.1) is 12.4 Å². The number of benzene rings is 2. The zero-order chi connectivity index (χ0) is 17.5. The first-order valence-electron chi connectivity index (χ1n) is 9.05. The zero-order valence-electron chi connectivity index (χ0n) is 15.2. The maximum Gasteiger partial charge on any atom is 0.234 e.